The Morgan fingerprint density at radius 3 is 2.50 bits per heavy atom. The van der Waals surface area contributed by atoms with Crippen molar-refractivity contribution in [1.82, 2.24) is 15.5 Å². The highest BCUT2D eigenvalue weighted by molar-refractivity contribution is 5.09. The van der Waals surface area contributed by atoms with Crippen LogP contribution in [0.15, 0.2) is 12.1 Å². The van der Waals surface area contributed by atoms with Crippen LogP contribution >= 0.6 is 0 Å². The maximum absolute atomic E-state index is 12.2. The van der Waals surface area contributed by atoms with Crippen LogP contribution in [-0.4, -0.2) is 29.5 Å². The van der Waals surface area contributed by atoms with Crippen LogP contribution in [0.3, 0.4) is 0 Å². The van der Waals surface area contributed by atoms with Crippen LogP contribution in [-0.2, 0) is 17.5 Å². The van der Waals surface area contributed by atoms with Gasteiger partial charge in [-0.05, 0) is 12.1 Å². The molecule has 16 heavy (non-hydrogen) atoms. The number of hydrogen-bond acceptors (Lipinski definition) is 4. The Morgan fingerprint density at radius 2 is 2.06 bits per heavy atom. The molecule has 0 spiro atoms. The van der Waals surface area contributed by atoms with E-state index in [0.717, 1.165) is 6.07 Å². The first-order chi connectivity index (χ1) is 7.55. The van der Waals surface area contributed by atoms with Gasteiger partial charge in [0.05, 0.1) is 24.9 Å². The molecule has 0 amide bonds. The molecule has 1 aromatic rings. The summed E-state index contributed by atoms with van der Waals surface area (Å²) in [7, 11) is 0. The Bertz CT molecular complexity index is 348. The first kappa shape index (κ1) is 11.3. The summed E-state index contributed by atoms with van der Waals surface area (Å²) in [5.41, 5.74) is -0.483. The van der Waals surface area contributed by atoms with Gasteiger partial charge in [0.2, 0.25) is 0 Å². The fourth-order valence-electron chi connectivity index (χ4n) is 1.21. The number of alkyl halides is 3. The molecule has 4 nitrogen and oxygen atoms in total. The molecular weight excluding hydrogens is 223 g/mol. The van der Waals surface area contributed by atoms with Crippen LogP contribution in [0.1, 0.15) is 11.4 Å². The molecule has 1 fully saturated rings. The Balaban J connectivity index is 1.91. The molecular formula is C9H10F3N3O. The molecule has 2 rings (SSSR count). The standard InChI is InChI=1S/C9H10F3N3O/c10-9(11,12)8-2-1-6(14-15-8)3-13-7-4-16-5-7/h1-2,7,13H,3-5H2. The van der Waals surface area contributed by atoms with Crippen LogP contribution in [0.2, 0.25) is 0 Å². The molecule has 0 unspecified atom stereocenters. The van der Waals surface area contributed by atoms with Gasteiger partial charge in [-0.25, -0.2) is 0 Å². The van der Waals surface area contributed by atoms with Crippen molar-refractivity contribution < 1.29 is 17.9 Å². The minimum absolute atomic E-state index is 0.268. The zero-order valence-corrected chi connectivity index (χ0v) is 8.29. The molecule has 1 N–H and O–H groups in total. The maximum atomic E-state index is 12.2. The van der Waals surface area contributed by atoms with Gasteiger partial charge in [0, 0.05) is 6.54 Å². The van der Waals surface area contributed by atoms with Crippen molar-refractivity contribution in [1.29, 1.82) is 0 Å². The van der Waals surface area contributed by atoms with E-state index in [2.05, 4.69) is 15.5 Å². The molecule has 0 aliphatic carbocycles. The molecule has 0 saturated carbocycles. The third kappa shape index (κ3) is 2.67. The average molecular weight is 233 g/mol. The molecule has 0 bridgehead atoms. The predicted octanol–water partition coefficient (Wildman–Crippen LogP) is 0.984. The third-order valence-electron chi connectivity index (χ3n) is 2.22. The van der Waals surface area contributed by atoms with E-state index in [4.69, 9.17) is 4.74 Å². The summed E-state index contributed by atoms with van der Waals surface area (Å²) in [6.07, 6.45) is -4.43. The van der Waals surface area contributed by atoms with Gasteiger partial charge in [-0.2, -0.15) is 18.3 Å². The van der Waals surface area contributed by atoms with Gasteiger partial charge in [-0.15, -0.1) is 5.10 Å². The zero-order valence-electron chi connectivity index (χ0n) is 8.29. The molecule has 0 radical (unpaired) electrons. The Kier molecular flexibility index (Phi) is 3.06. The molecule has 1 aliphatic rings. The summed E-state index contributed by atoms with van der Waals surface area (Å²) in [6, 6.07) is 2.52. The summed E-state index contributed by atoms with van der Waals surface area (Å²) in [6.45, 7) is 1.67. The molecule has 0 atom stereocenters. The predicted molar refractivity (Wildman–Crippen MR) is 48.5 cm³/mol. The summed E-state index contributed by atoms with van der Waals surface area (Å²) in [5, 5.41) is 9.71. The van der Waals surface area contributed by atoms with Crippen molar-refractivity contribution in [3.05, 3.63) is 23.5 Å². The first-order valence-electron chi connectivity index (χ1n) is 4.76. The van der Waals surface area contributed by atoms with E-state index < -0.39 is 11.9 Å². The number of hydrogen-bond donors (Lipinski definition) is 1. The summed E-state index contributed by atoms with van der Waals surface area (Å²) >= 11 is 0. The second-order valence-electron chi connectivity index (χ2n) is 3.52. The largest absolute Gasteiger partial charge is 0.435 e. The smallest absolute Gasteiger partial charge is 0.378 e. The zero-order chi connectivity index (χ0) is 11.6. The van der Waals surface area contributed by atoms with Crippen LogP contribution in [0.5, 0.6) is 0 Å². The monoisotopic (exact) mass is 233 g/mol. The summed E-state index contributed by atoms with van der Waals surface area (Å²) in [4.78, 5) is 0. The van der Waals surface area contributed by atoms with Gasteiger partial charge in [0.15, 0.2) is 5.69 Å². The lowest BCUT2D eigenvalue weighted by molar-refractivity contribution is -0.141. The molecule has 2 heterocycles. The van der Waals surface area contributed by atoms with Gasteiger partial charge >= 0.3 is 6.18 Å². The van der Waals surface area contributed by atoms with Gasteiger partial charge in [-0.1, -0.05) is 0 Å². The second-order valence-corrected chi connectivity index (χ2v) is 3.52. The van der Waals surface area contributed by atoms with Crippen molar-refractivity contribution >= 4 is 0 Å². The molecule has 7 heteroatoms. The quantitative estimate of drug-likeness (QED) is 0.845. The molecule has 1 aromatic heterocycles. The molecule has 1 aliphatic heterocycles. The number of nitrogens with zero attached hydrogens (tertiary/aromatic N) is 2. The van der Waals surface area contributed by atoms with E-state index >= 15 is 0 Å². The van der Waals surface area contributed by atoms with E-state index in [1.807, 2.05) is 0 Å². The van der Waals surface area contributed by atoms with Gasteiger partial charge in [0.1, 0.15) is 0 Å². The van der Waals surface area contributed by atoms with Gasteiger partial charge in [0.25, 0.3) is 0 Å². The Hall–Kier alpha value is -1.21. The van der Waals surface area contributed by atoms with Crippen molar-refractivity contribution in [2.24, 2.45) is 0 Å². The Morgan fingerprint density at radius 1 is 1.31 bits per heavy atom. The minimum atomic E-state index is -4.43. The third-order valence-corrected chi connectivity index (χ3v) is 2.22. The lowest BCUT2D eigenvalue weighted by Gasteiger charge is -2.26. The van der Waals surface area contributed by atoms with E-state index in [9.17, 15) is 13.2 Å². The van der Waals surface area contributed by atoms with Crippen LogP contribution < -0.4 is 5.32 Å². The SMILES string of the molecule is FC(F)(F)c1ccc(CNC2COC2)nn1. The van der Waals surface area contributed by atoms with Crippen molar-refractivity contribution in [2.45, 2.75) is 18.8 Å². The lowest BCUT2D eigenvalue weighted by Crippen LogP contribution is -2.45. The fraction of sp³-hybridized carbons (Fsp3) is 0.556. The average Bonchev–Trinajstić information content (AvgIpc) is 2.15. The van der Waals surface area contributed by atoms with Crippen LogP contribution in [0.4, 0.5) is 13.2 Å². The molecule has 0 aromatic carbocycles. The first-order valence-corrected chi connectivity index (χ1v) is 4.76. The van der Waals surface area contributed by atoms with Crippen molar-refractivity contribution in [2.75, 3.05) is 13.2 Å². The summed E-state index contributed by atoms with van der Waals surface area (Å²) in [5.74, 6) is 0. The highest BCUT2D eigenvalue weighted by Crippen LogP contribution is 2.26. The van der Waals surface area contributed by atoms with Crippen molar-refractivity contribution in [3.63, 3.8) is 0 Å². The highest BCUT2D eigenvalue weighted by atomic mass is 19.4. The van der Waals surface area contributed by atoms with Crippen molar-refractivity contribution in [3.8, 4) is 0 Å². The number of aromatic nitrogens is 2. The van der Waals surface area contributed by atoms with Crippen LogP contribution in [0.25, 0.3) is 0 Å². The normalized spacial score (nSPS) is 17.2. The topological polar surface area (TPSA) is 47.0 Å². The van der Waals surface area contributed by atoms with Gasteiger partial charge in [-0.3, -0.25) is 0 Å². The summed E-state index contributed by atoms with van der Waals surface area (Å²) < 4.78 is 41.4. The van der Waals surface area contributed by atoms with Crippen LogP contribution in [0, 0.1) is 0 Å². The Labute approximate surface area is 89.8 Å². The van der Waals surface area contributed by atoms with E-state index in [1.165, 1.54) is 6.07 Å². The second kappa shape index (κ2) is 4.34. The number of rotatable bonds is 3. The number of nitrogens with one attached hydrogen (secondary N) is 1. The van der Waals surface area contributed by atoms with E-state index in [-0.39, 0.29) is 6.04 Å². The fourth-order valence-corrected chi connectivity index (χ4v) is 1.21. The molecule has 88 valence electrons. The lowest BCUT2D eigenvalue weighted by atomic mass is 10.2. The highest BCUT2D eigenvalue weighted by Gasteiger charge is 2.32. The van der Waals surface area contributed by atoms with E-state index in [1.54, 1.807) is 0 Å². The number of ether oxygens (including phenoxy) is 1. The van der Waals surface area contributed by atoms with Gasteiger partial charge < -0.3 is 10.1 Å². The minimum Gasteiger partial charge on any atom is -0.378 e. The molecule has 1 saturated heterocycles. The van der Waals surface area contributed by atoms with E-state index in [0.29, 0.717) is 25.5 Å². The number of halogens is 3. The maximum Gasteiger partial charge on any atom is 0.435 e.